The lowest BCUT2D eigenvalue weighted by Crippen LogP contribution is -2.32. The average molecular weight is 795 g/mol. The molecule has 3 heterocycles. The van der Waals surface area contributed by atoms with Crippen LogP contribution in [0.25, 0.3) is 87.1 Å². The first kappa shape index (κ1) is 34.2. The Morgan fingerprint density at radius 2 is 1.05 bits per heavy atom. The molecule has 0 unspecified atom stereocenters. The van der Waals surface area contributed by atoms with E-state index in [9.17, 15) is 0 Å². The van der Waals surface area contributed by atoms with E-state index in [2.05, 4.69) is 206 Å². The molecule has 4 heteroatoms. The van der Waals surface area contributed by atoms with Gasteiger partial charge < -0.3 is 4.74 Å². The summed E-state index contributed by atoms with van der Waals surface area (Å²) < 4.78 is 8.96. The van der Waals surface area contributed by atoms with Gasteiger partial charge in [-0.15, -0.1) is 11.3 Å². The van der Waals surface area contributed by atoms with Gasteiger partial charge in [-0.05, 0) is 79.5 Å². The van der Waals surface area contributed by atoms with E-state index in [-0.39, 0.29) is 0 Å². The van der Waals surface area contributed by atoms with Crippen LogP contribution in [0.15, 0.2) is 206 Å². The Bertz CT molecular complexity index is 3520. The van der Waals surface area contributed by atoms with E-state index in [1.807, 2.05) is 0 Å². The SMILES string of the molecule is c1ccc(-c2ccccc2-c2nc(-c3ccc(-c4ccc5c(c4)C4(c6ccccc6Oc6ccccc64)c4ccc6ccccc6c4-5)cc3)c3sc4ccccc4c3n2)cc1. The number of hydrogen-bond acceptors (Lipinski definition) is 4. The van der Waals surface area contributed by atoms with Crippen LogP contribution >= 0.6 is 11.3 Å². The molecule has 0 atom stereocenters. The van der Waals surface area contributed by atoms with E-state index in [0.29, 0.717) is 0 Å². The van der Waals surface area contributed by atoms with Crippen LogP contribution in [0.2, 0.25) is 0 Å². The van der Waals surface area contributed by atoms with Crippen molar-refractivity contribution in [2.45, 2.75) is 5.41 Å². The third kappa shape index (κ3) is 4.97. The highest BCUT2D eigenvalue weighted by Crippen LogP contribution is 2.63. The number of nitrogens with zero attached hydrogens (tertiary/aromatic N) is 2. The Balaban J connectivity index is 0.996. The molecule has 0 N–H and O–H groups in total. The van der Waals surface area contributed by atoms with E-state index in [4.69, 9.17) is 14.7 Å². The van der Waals surface area contributed by atoms with Crippen LogP contribution in [0.3, 0.4) is 0 Å². The molecule has 11 aromatic rings. The van der Waals surface area contributed by atoms with Crippen molar-refractivity contribution >= 4 is 42.4 Å². The van der Waals surface area contributed by atoms with Gasteiger partial charge in [-0.3, -0.25) is 0 Å². The zero-order chi connectivity index (χ0) is 40.1. The maximum atomic E-state index is 6.66. The number of hydrogen-bond donors (Lipinski definition) is 0. The number of thiophene rings is 1. The Kier molecular flexibility index (Phi) is 7.39. The third-order valence-electron chi connectivity index (χ3n) is 12.8. The van der Waals surface area contributed by atoms with Crippen molar-refractivity contribution < 1.29 is 4.74 Å². The highest BCUT2D eigenvalue weighted by atomic mass is 32.1. The Hall–Kier alpha value is -7.66. The molecule has 2 aliphatic rings. The minimum atomic E-state index is -0.559. The van der Waals surface area contributed by atoms with Gasteiger partial charge in [0.25, 0.3) is 0 Å². The largest absolute Gasteiger partial charge is 0.457 e. The van der Waals surface area contributed by atoms with Crippen molar-refractivity contribution in [2.24, 2.45) is 0 Å². The van der Waals surface area contributed by atoms with Crippen LogP contribution < -0.4 is 4.74 Å². The van der Waals surface area contributed by atoms with Crippen LogP contribution in [0.5, 0.6) is 11.5 Å². The number of fused-ring (bicyclic) bond motifs is 14. The summed E-state index contributed by atoms with van der Waals surface area (Å²) in [6, 6.07) is 74.2. The van der Waals surface area contributed by atoms with Crippen LogP contribution in [0, 0.1) is 0 Å². The predicted molar refractivity (Wildman–Crippen MR) is 252 cm³/mol. The molecule has 0 saturated carbocycles. The van der Waals surface area contributed by atoms with E-state index in [1.54, 1.807) is 11.3 Å². The van der Waals surface area contributed by atoms with Crippen LogP contribution in [0.1, 0.15) is 22.3 Å². The fraction of sp³-hybridized carbons (Fsp3) is 0.0175. The van der Waals surface area contributed by atoms with Crippen molar-refractivity contribution in [2.75, 3.05) is 0 Å². The van der Waals surface area contributed by atoms with Gasteiger partial charge in [-0.2, -0.15) is 0 Å². The molecule has 0 amide bonds. The van der Waals surface area contributed by atoms with E-state index < -0.39 is 5.41 Å². The fourth-order valence-corrected chi connectivity index (χ4v) is 11.3. The highest BCUT2D eigenvalue weighted by Gasteiger charge is 2.51. The molecule has 0 fully saturated rings. The lowest BCUT2D eigenvalue weighted by Gasteiger charge is -2.39. The second-order valence-electron chi connectivity index (χ2n) is 16.0. The summed E-state index contributed by atoms with van der Waals surface area (Å²) in [5.74, 6) is 2.51. The van der Waals surface area contributed by atoms with Gasteiger partial charge in [-0.25, -0.2) is 9.97 Å². The molecule has 3 nitrogen and oxygen atoms in total. The standard InChI is InChI=1S/C57H34N2OS/c1-2-14-36(15-3-1)40-17-6-7-19-42(40)56-58-53(55-54(59-56)44-20-8-13-25-51(44)61-55)38-28-26-35(27-29-38)39-30-32-43-48(34-39)57(47-33-31-37-16-4-5-18-41(37)52(43)47)45-21-9-11-23-49(45)60-50-24-12-10-22-46(50)57/h1-34H. The summed E-state index contributed by atoms with van der Waals surface area (Å²) in [4.78, 5) is 10.7. The number of aromatic nitrogens is 2. The molecule has 2 aromatic heterocycles. The smallest absolute Gasteiger partial charge is 0.161 e. The summed E-state index contributed by atoms with van der Waals surface area (Å²) >= 11 is 1.76. The number of rotatable bonds is 4. The molecular formula is C57H34N2OS. The first-order valence-electron chi connectivity index (χ1n) is 20.7. The van der Waals surface area contributed by atoms with Crippen LogP contribution in [-0.4, -0.2) is 9.97 Å². The quantitative estimate of drug-likeness (QED) is 0.178. The van der Waals surface area contributed by atoms with Crippen LogP contribution in [0.4, 0.5) is 0 Å². The molecule has 1 aliphatic carbocycles. The molecule has 1 aliphatic heterocycles. The summed E-state index contributed by atoms with van der Waals surface area (Å²) in [5, 5.41) is 3.65. The summed E-state index contributed by atoms with van der Waals surface area (Å²) in [6.45, 7) is 0. The molecule has 13 rings (SSSR count). The first-order chi connectivity index (χ1) is 30.2. The number of benzene rings is 9. The fourth-order valence-electron chi connectivity index (χ4n) is 10.1. The summed E-state index contributed by atoms with van der Waals surface area (Å²) in [5.41, 5.74) is 15.5. The maximum Gasteiger partial charge on any atom is 0.161 e. The van der Waals surface area contributed by atoms with E-state index >= 15 is 0 Å². The second kappa shape index (κ2) is 13.2. The zero-order valence-corrected chi connectivity index (χ0v) is 33.7. The third-order valence-corrected chi connectivity index (χ3v) is 14.0. The monoisotopic (exact) mass is 794 g/mol. The molecule has 284 valence electrons. The second-order valence-corrected chi connectivity index (χ2v) is 17.0. The van der Waals surface area contributed by atoms with Crippen molar-refractivity contribution in [3.05, 3.63) is 229 Å². The summed E-state index contributed by atoms with van der Waals surface area (Å²) in [7, 11) is 0. The lowest BCUT2D eigenvalue weighted by atomic mass is 9.66. The minimum absolute atomic E-state index is 0.559. The summed E-state index contributed by atoms with van der Waals surface area (Å²) in [6.07, 6.45) is 0. The van der Waals surface area contributed by atoms with Gasteiger partial charge in [0.1, 0.15) is 11.5 Å². The molecule has 0 radical (unpaired) electrons. The molecule has 0 saturated heterocycles. The Morgan fingerprint density at radius 1 is 0.410 bits per heavy atom. The predicted octanol–water partition coefficient (Wildman–Crippen LogP) is 15.1. The number of para-hydroxylation sites is 2. The van der Waals surface area contributed by atoms with Gasteiger partial charge >= 0.3 is 0 Å². The topological polar surface area (TPSA) is 35.0 Å². The first-order valence-corrected chi connectivity index (χ1v) is 21.5. The van der Waals surface area contributed by atoms with Gasteiger partial charge in [0, 0.05) is 32.3 Å². The Labute approximate surface area is 356 Å². The number of ether oxygens (including phenoxy) is 1. The van der Waals surface area contributed by atoms with E-state index in [0.717, 1.165) is 83.1 Å². The highest BCUT2D eigenvalue weighted by molar-refractivity contribution is 7.26. The lowest BCUT2D eigenvalue weighted by molar-refractivity contribution is 0.436. The van der Waals surface area contributed by atoms with Crippen molar-refractivity contribution in [1.29, 1.82) is 0 Å². The van der Waals surface area contributed by atoms with Crippen molar-refractivity contribution in [3.63, 3.8) is 0 Å². The molecule has 1 spiro atoms. The van der Waals surface area contributed by atoms with E-state index in [1.165, 1.54) is 37.7 Å². The van der Waals surface area contributed by atoms with Gasteiger partial charge in [0.15, 0.2) is 5.82 Å². The minimum Gasteiger partial charge on any atom is -0.457 e. The van der Waals surface area contributed by atoms with Crippen molar-refractivity contribution in [3.8, 4) is 67.5 Å². The Morgan fingerprint density at radius 3 is 1.85 bits per heavy atom. The molecule has 0 bridgehead atoms. The molecule has 9 aromatic carbocycles. The van der Waals surface area contributed by atoms with Gasteiger partial charge in [-0.1, -0.05) is 182 Å². The van der Waals surface area contributed by atoms with Gasteiger partial charge in [0.2, 0.25) is 0 Å². The molecular weight excluding hydrogens is 761 g/mol. The average Bonchev–Trinajstić information content (AvgIpc) is 3.85. The molecule has 61 heavy (non-hydrogen) atoms. The zero-order valence-electron chi connectivity index (χ0n) is 32.8. The maximum absolute atomic E-state index is 6.66. The normalized spacial score (nSPS) is 13.2. The van der Waals surface area contributed by atoms with Gasteiger partial charge in [0.05, 0.1) is 21.3 Å². The van der Waals surface area contributed by atoms with Crippen LogP contribution in [-0.2, 0) is 5.41 Å². The van der Waals surface area contributed by atoms with Crippen molar-refractivity contribution in [1.82, 2.24) is 9.97 Å².